The maximum absolute atomic E-state index is 13.7. The number of carbonyl (C=O) groups excluding carboxylic acids is 4. The fourth-order valence-corrected chi connectivity index (χ4v) is 10.7. The van der Waals surface area contributed by atoms with Crippen molar-refractivity contribution >= 4 is 40.9 Å². The quantitative estimate of drug-likeness (QED) is 0.0486. The highest BCUT2D eigenvalue weighted by Crippen LogP contribution is 2.43. The van der Waals surface area contributed by atoms with Crippen LogP contribution in [0.1, 0.15) is 97.1 Å². The first-order chi connectivity index (χ1) is 36.0. The van der Waals surface area contributed by atoms with Gasteiger partial charge in [0.15, 0.2) is 0 Å². The van der Waals surface area contributed by atoms with Gasteiger partial charge in [-0.1, -0.05) is 30.7 Å². The third-order valence-electron chi connectivity index (χ3n) is 14.8. The Labute approximate surface area is 442 Å². The summed E-state index contributed by atoms with van der Waals surface area (Å²) in [6.45, 7) is 15.6. The van der Waals surface area contributed by atoms with Gasteiger partial charge in [-0.25, -0.2) is 9.78 Å². The van der Waals surface area contributed by atoms with Crippen LogP contribution in [0.4, 0.5) is 16.2 Å². The number of fused-ring (bicyclic) bond motifs is 2. The second-order valence-electron chi connectivity index (χ2n) is 21.8. The van der Waals surface area contributed by atoms with Crippen LogP contribution in [0.5, 0.6) is 11.6 Å². The Hall–Kier alpha value is -6.73. The van der Waals surface area contributed by atoms with Gasteiger partial charge in [0.05, 0.1) is 18.0 Å². The molecule has 1 saturated carbocycles. The van der Waals surface area contributed by atoms with Gasteiger partial charge in [0.1, 0.15) is 41.8 Å². The molecule has 2 bridgehead atoms. The Morgan fingerprint density at radius 2 is 1.69 bits per heavy atom. The molecule has 5 heterocycles. The Morgan fingerprint density at radius 3 is 2.37 bits per heavy atom. The lowest BCUT2D eigenvalue weighted by atomic mass is 9.68. The van der Waals surface area contributed by atoms with Gasteiger partial charge in [-0.2, -0.15) is 0 Å². The Balaban J connectivity index is 0.846. The summed E-state index contributed by atoms with van der Waals surface area (Å²) >= 11 is 0. The zero-order chi connectivity index (χ0) is 53.3. The van der Waals surface area contributed by atoms with Crippen molar-refractivity contribution in [3.8, 4) is 11.6 Å². The van der Waals surface area contributed by atoms with E-state index < -0.39 is 28.9 Å². The van der Waals surface area contributed by atoms with Crippen LogP contribution >= 0.6 is 0 Å². The molecule has 3 aromatic rings. The number of nitrogens with one attached hydrogen (secondary N) is 4. The molecule has 2 aromatic carbocycles. The number of ether oxygens (including phenoxy) is 4. The van der Waals surface area contributed by atoms with Crippen molar-refractivity contribution in [2.24, 2.45) is 11.1 Å². The van der Waals surface area contributed by atoms with Crippen molar-refractivity contribution in [1.82, 2.24) is 40.8 Å². The average molecular weight is 1030 g/mol. The van der Waals surface area contributed by atoms with Crippen LogP contribution in [0.2, 0.25) is 0 Å². The highest BCUT2D eigenvalue weighted by atomic mass is 16.6. The van der Waals surface area contributed by atoms with Crippen LogP contribution in [0, 0.1) is 5.41 Å². The molecule has 0 spiro atoms. The van der Waals surface area contributed by atoms with Crippen molar-refractivity contribution in [3.05, 3.63) is 95.6 Å². The molecule has 0 radical (unpaired) electrons. The number of nitrogens with two attached hydrogens (primary N) is 1. The number of nitrogens with zero attached hydrogens (tertiary/aromatic N) is 6. The summed E-state index contributed by atoms with van der Waals surface area (Å²) in [5, 5.41) is 5.91. The fourth-order valence-electron chi connectivity index (χ4n) is 10.7. The summed E-state index contributed by atoms with van der Waals surface area (Å²) in [5.74, 6) is 0.532. The molecule has 8 rings (SSSR count). The molecule has 3 amide bonds. The molecule has 5 aliphatic rings. The second-order valence-corrected chi connectivity index (χ2v) is 21.8. The van der Waals surface area contributed by atoms with Gasteiger partial charge in [0.2, 0.25) is 17.7 Å². The monoisotopic (exact) mass is 1030 g/mol. The number of para-hydroxylation sites is 1. The first-order valence-corrected chi connectivity index (χ1v) is 26.8. The number of anilines is 2. The third kappa shape index (κ3) is 13.6. The summed E-state index contributed by atoms with van der Waals surface area (Å²) in [4.78, 5) is 68.5. The van der Waals surface area contributed by atoms with Gasteiger partial charge in [-0.3, -0.25) is 30.1 Å². The number of unbranched alkanes of at least 4 members (excludes halogenated alkanes) is 1. The van der Waals surface area contributed by atoms with Gasteiger partial charge in [0, 0.05) is 86.6 Å². The first kappa shape index (κ1) is 54.5. The number of rotatable bonds is 21. The molecule has 4 fully saturated rings. The smallest absolute Gasteiger partial charge is 0.410 e. The molecule has 4 aliphatic heterocycles. The van der Waals surface area contributed by atoms with Crippen molar-refractivity contribution in [2.45, 2.75) is 122 Å². The zero-order valence-electron chi connectivity index (χ0n) is 45.0. The summed E-state index contributed by atoms with van der Waals surface area (Å²) < 4.78 is 23.6. The van der Waals surface area contributed by atoms with Gasteiger partial charge in [0.25, 0.3) is 0 Å². The lowest BCUT2D eigenvalue weighted by molar-refractivity contribution is -0.167. The normalized spacial score (nSPS) is 20.8. The van der Waals surface area contributed by atoms with Gasteiger partial charge < -0.3 is 54.9 Å². The Morgan fingerprint density at radius 1 is 0.947 bits per heavy atom. The molecule has 4 unspecified atom stereocenters. The minimum absolute atomic E-state index is 0.180. The van der Waals surface area contributed by atoms with E-state index in [0.29, 0.717) is 62.1 Å². The predicted molar refractivity (Wildman–Crippen MR) is 288 cm³/mol. The van der Waals surface area contributed by atoms with E-state index in [9.17, 15) is 19.2 Å². The SMILES string of the molecule is CCOC(=O)C1(C(=O)NC(CCCCN(C)C)C(=O)Nc2ccc(COc3ccccc3C3=CC(N4CC5CCC(C4)N5c4ccnc(OCCN5CCN(C(=O)OC(C)(C)C)CC5C)c4)=C(N)NN3)cc2)CCC1. The van der Waals surface area contributed by atoms with Crippen LogP contribution in [0.15, 0.2) is 84.5 Å². The minimum atomic E-state index is -1.24. The summed E-state index contributed by atoms with van der Waals surface area (Å²) in [6, 6.07) is 19.4. The molecule has 406 valence electrons. The molecule has 19 heteroatoms. The minimum Gasteiger partial charge on any atom is -0.488 e. The van der Waals surface area contributed by atoms with E-state index in [-0.39, 0.29) is 43.3 Å². The van der Waals surface area contributed by atoms with Crippen LogP contribution in [-0.4, -0.2) is 151 Å². The van der Waals surface area contributed by atoms with E-state index in [4.69, 9.17) is 24.7 Å². The number of benzene rings is 2. The molecule has 1 aromatic heterocycles. The predicted octanol–water partition coefficient (Wildman–Crippen LogP) is 5.80. The molecular formula is C56H79N11O8. The van der Waals surface area contributed by atoms with E-state index in [2.05, 4.69) is 71.2 Å². The standard InChI is InChI=1S/C56H79N11O8/c1-8-72-53(70)56(24-13-25-56)52(69)60-45(15-11-12-27-63(6)7)51(68)59-40-19-17-39(18-20-40)37-74-48-16-10-9-14-44(48)46-33-47(50(57)62-61-46)66-35-42-21-22-43(36-66)67(42)41-23-26-58-49(32-41)73-31-30-64-28-29-65(34-38(64)2)54(71)75-55(3,4)5/h9-10,14,16-20,23,26,32-33,38,42-43,45,61-62H,8,11-13,15,21-22,24-25,27-31,34-37,57H2,1-7H3,(H,59,68)(H,60,69). The van der Waals surface area contributed by atoms with Gasteiger partial charge in [-0.15, -0.1) is 0 Å². The van der Waals surface area contributed by atoms with E-state index in [1.54, 1.807) is 11.8 Å². The zero-order valence-corrected chi connectivity index (χ0v) is 45.0. The maximum atomic E-state index is 13.7. The third-order valence-corrected chi connectivity index (χ3v) is 14.8. The van der Waals surface area contributed by atoms with Crippen LogP contribution in [0.25, 0.3) is 5.70 Å². The van der Waals surface area contributed by atoms with Gasteiger partial charge in [-0.05, 0) is 142 Å². The summed E-state index contributed by atoms with van der Waals surface area (Å²) in [7, 11) is 4.00. The number of esters is 1. The first-order valence-electron chi connectivity index (χ1n) is 26.8. The van der Waals surface area contributed by atoms with Crippen molar-refractivity contribution < 1.29 is 38.1 Å². The van der Waals surface area contributed by atoms with E-state index >= 15 is 0 Å². The fraction of sp³-hybridized carbons (Fsp3) is 0.554. The largest absolute Gasteiger partial charge is 0.488 e. The summed E-state index contributed by atoms with van der Waals surface area (Å²) in [6.07, 6.45) is 9.36. The van der Waals surface area contributed by atoms with Gasteiger partial charge >= 0.3 is 12.1 Å². The van der Waals surface area contributed by atoms with Crippen molar-refractivity contribution in [1.29, 1.82) is 0 Å². The lowest BCUT2D eigenvalue weighted by Crippen LogP contribution is -2.56. The van der Waals surface area contributed by atoms with E-state index in [1.807, 2.05) is 89.6 Å². The Kier molecular flexibility index (Phi) is 17.7. The average Bonchev–Trinajstić information content (AvgIpc) is 3.63. The number of amides is 3. The second kappa shape index (κ2) is 24.3. The number of hydrogen-bond acceptors (Lipinski definition) is 16. The molecule has 1 aliphatic carbocycles. The van der Waals surface area contributed by atoms with Crippen molar-refractivity contribution in [2.75, 3.05) is 83.3 Å². The highest BCUT2D eigenvalue weighted by Gasteiger charge is 2.53. The lowest BCUT2D eigenvalue weighted by Gasteiger charge is -2.44. The molecule has 6 N–H and O–H groups in total. The number of hydrazine groups is 1. The van der Waals surface area contributed by atoms with E-state index in [1.165, 1.54) is 0 Å². The number of aromatic nitrogens is 1. The number of allylic oxidation sites excluding steroid dienone is 1. The number of piperazine rings is 2. The van der Waals surface area contributed by atoms with Crippen molar-refractivity contribution in [3.63, 3.8) is 0 Å². The number of likely N-dealkylation sites (tertiary alicyclic amines) is 1. The van der Waals surface area contributed by atoms with Crippen LogP contribution < -0.4 is 41.6 Å². The Bertz CT molecular complexity index is 2530. The molecule has 3 saturated heterocycles. The molecule has 19 nitrogen and oxygen atoms in total. The highest BCUT2D eigenvalue weighted by molar-refractivity contribution is 6.06. The van der Waals surface area contributed by atoms with E-state index in [0.717, 1.165) is 93.0 Å². The topological polar surface area (TPSA) is 208 Å². The number of carbonyl (C=O) groups is 4. The molecule has 4 atom stereocenters. The maximum Gasteiger partial charge on any atom is 0.410 e. The van der Waals surface area contributed by atoms with Crippen LogP contribution in [0.3, 0.4) is 0 Å². The summed E-state index contributed by atoms with van der Waals surface area (Å²) in [5.41, 5.74) is 16.6. The number of hydrogen-bond donors (Lipinski definition) is 5. The molecular weight excluding hydrogens is 955 g/mol. The molecule has 75 heavy (non-hydrogen) atoms. The number of pyridine rings is 1. The van der Waals surface area contributed by atoms with Crippen LogP contribution in [-0.2, 0) is 30.5 Å².